The van der Waals surface area contributed by atoms with Crippen molar-refractivity contribution < 1.29 is 76.1 Å². The van der Waals surface area contributed by atoms with E-state index in [4.69, 9.17) is 47.4 Å². The lowest BCUT2D eigenvalue weighted by atomic mass is 9.73. The van der Waals surface area contributed by atoms with Crippen LogP contribution in [0.1, 0.15) is 114 Å². The summed E-state index contributed by atoms with van der Waals surface area (Å²) < 4.78 is 61.5. The van der Waals surface area contributed by atoms with E-state index >= 15 is 0 Å². The van der Waals surface area contributed by atoms with Crippen LogP contribution in [0.15, 0.2) is 36.4 Å². The molecule has 6 bridgehead atoms. The Morgan fingerprint density at radius 2 is 0.857 bits per heavy atom. The molecule has 9 aromatic rings. The largest absolute Gasteiger partial charge is 0.454 e. The topological polar surface area (TPSA) is 203 Å². The van der Waals surface area contributed by atoms with Gasteiger partial charge in [-0.25, -0.2) is 0 Å². The highest BCUT2D eigenvalue weighted by Crippen LogP contribution is 2.61. The maximum absolute atomic E-state index is 12.6. The van der Waals surface area contributed by atoms with Crippen LogP contribution in [0.25, 0.3) is 86.4 Å². The Morgan fingerprint density at radius 1 is 0.476 bits per heavy atom. The number of likely N-dealkylation sites (N-methyl/N-ethyl adjacent to an activating group) is 1. The number of aryl methyl sites for hydroxylation is 2. The fourth-order valence-electron chi connectivity index (χ4n) is 16.3. The van der Waals surface area contributed by atoms with E-state index in [1.807, 2.05) is 32.8 Å². The summed E-state index contributed by atoms with van der Waals surface area (Å²) in [6.07, 6.45) is 0.874. The van der Waals surface area contributed by atoms with E-state index in [9.17, 15) is 28.8 Å². The minimum absolute atomic E-state index is 0.00967. The van der Waals surface area contributed by atoms with Gasteiger partial charge in [-0.05, 0) is 140 Å². The fourth-order valence-corrected chi connectivity index (χ4v) is 16.3. The lowest BCUT2D eigenvalue weighted by Gasteiger charge is -2.57. The number of hydrogen-bond donors (Lipinski definition) is 0. The number of carbonyl (C=O) groups is 6. The molecule has 8 unspecified atom stereocenters. The summed E-state index contributed by atoms with van der Waals surface area (Å²) in [5.41, 5.74) is 8.58. The Bertz CT molecular complexity index is 4080. The van der Waals surface area contributed by atoms with Crippen molar-refractivity contribution >= 4 is 122 Å². The van der Waals surface area contributed by atoms with E-state index in [0.717, 1.165) is 25.7 Å². The van der Waals surface area contributed by atoms with Gasteiger partial charge in [-0.3, -0.25) is 28.8 Å². The highest BCUT2D eigenvalue weighted by Gasteiger charge is 2.70. The highest BCUT2D eigenvalue weighted by molar-refractivity contribution is 6.55. The number of fused-ring (bicyclic) bond motifs is 6. The van der Waals surface area contributed by atoms with Gasteiger partial charge in [0.25, 0.3) is 0 Å². The van der Waals surface area contributed by atoms with Crippen LogP contribution in [-0.2, 0) is 108 Å². The molecule has 0 radical (unpaired) electrons. The van der Waals surface area contributed by atoms with Gasteiger partial charge in [-0.1, -0.05) is 50.2 Å². The third-order valence-corrected chi connectivity index (χ3v) is 19.0. The van der Waals surface area contributed by atoms with E-state index in [-0.39, 0.29) is 19.8 Å². The summed E-state index contributed by atoms with van der Waals surface area (Å²) >= 11 is 0. The number of benzene rings is 7. The molecule has 6 fully saturated rings. The molecule has 18 nitrogen and oxygen atoms in total. The third kappa shape index (κ3) is 7.64. The van der Waals surface area contributed by atoms with E-state index in [1.165, 1.54) is 161 Å². The van der Waals surface area contributed by atoms with Gasteiger partial charge in [0.15, 0.2) is 35.6 Å². The van der Waals surface area contributed by atoms with Crippen LogP contribution in [-0.4, -0.2) is 140 Å². The summed E-state index contributed by atoms with van der Waals surface area (Å²) in [6, 6.07) is 14.6. The summed E-state index contributed by atoms with van der Waals surface area (Å²) in [5, 5.41) is 19.9. The molecule has 18 rings (SSSR count). The van der Waals surface area contributed by atoms with Crippen molar-refractivity contribution in [1.29, 1.82) is 0 Å². The molecule has 1 aromatic heterocycles. The highest BCUT2D eigenvalue weighted by atomic mass is 16.8. The van der Waals surface area contributed by atoms with Crippen molar-refractivity contribution in [1.82, 2.24) is 9.47 Å². The Labute approximate surface area is 483 Å². The van der Waals surface area contributed by atoms with Crippen LogP contribution < -0.4 is 0 Å². The molecule has 2 saturated carbocycles. The molecule has 0 N–H and O–H groups in total. The molecular weight excluding hydrogens is 1080 g/mol. The van der Waals surface area contributed by atoms with Gasteiger partial charge in [0, 0.05) is 89.0 Å². The first kappa shape index (κ1) is 54.7. The number of ether oxygens (including phenoxy) is 10. The minimum atomic E-state index is -1.39. The first-order chi connectivity index (χ1) is 40.2. The van der Waals surface area contributed by atoms with Crippen molar-refractivity contribution in [3.63, 3.8) is 0 Å². The maximum Gasteiger partial charge on any atom is 0.303 e. The number of rotatable bonds is 14. The SMILES string of the molecule is CC.CC(=O)OC1C(OC(C)=O)C2(OCCN(C)C)CCC1(OC(C)=O)CO2.CC(=O)OC1C(OC(C)=O)C2(OCCn3c4c5cc6c7c8c(cc9ccc%10cc%11c%12c%13c(cc(c3c%13c(c3c8c9c%10c%123)c74)CC5)C%11)C6)CCC1(OC(C)=O)CO2. The van der Waals surface area contributed by atoms with Gasteiger partial charge in [-0.2, -0.15) is 0 Å². The van der Waals surface area contributed by atoms with Crippen LogP contribution in [0.2, 0.25) is 0 Å². The minimum Gasteiger partial charge on any atom is -0.454 e. The molecule has 6 heterocycles. The molecule has 0 amide bonds. The molecule has 4 saturated heterocycles. The van der Waals surface area contributed by atoms with Crippen molar-refractivity contribution in [2.45, 2.75) is 160 Å². The van der Waals surface area contributed by atoms with Crippen molar-refractivity contribution in [3.8, 4) is 0 Å². The van der Waals surface area contributed by atoms with Crippen molar-refractivity contribution in [2.75, 3.05) is 47.1 Å². The van der Waals surface area contributed by atoms with Gasteiger partial charge in [-0.15, -0.1) is 0 Å². The molecule has 84 heavy (non-hydrogen) atoms. The van der Waals surface area contributed by atoms with Gasteiger partial charge >= 0.3 is 35.8 Å². The summed E-state index contributed by atoms with van der Waals surface area (Å²) in [6.45, 7) is 13.4. The summed E-state index contributed by atoms with van der Waals surface area (Å²) in [7, 11) is 3.81. The number of nitrogens with zero attached hydrogens (tertiary/aromatic N) is 2. The van der Waals surface area contributed by atoms with Crippen LogP contribution in [0.5, 0.6) is 0 Å². The van der Waals surface area contributed by atoms with Crippen molar-refractivity contribution in [3.05, 3.63) is 69.8 Å². The molecule has 0 spiro atoms. The predicted molar refractivity (Wildman–Crippen MR) is 311 cm³/mol. The number of hydrogen-bond acceptors (Lipinski definition) is 17. The number of pyridine rings is 1. The zero-order valence-corrected chi connectivity index (χ0v) is 49.1. The van der Waals surface area contributed by atoms with E-state index in [0.29, 0.717) is 45.4 Å². The van der Waals surface area contributed by atoms with Crippen molar-refractivity contribution in [2.24, 2.45) is 0 Å². The van der Waals surface area contributed by atoms with Crippen LogP contribution in [0.4, 0.5) is 0 Å². The Morgan fingerprint density at radius 3 is 1.25 bits per heavy atom. The maximum atomic E-state index is 12.6. The summed E-state index contributed by atoms with van der Waals surface area (Å²) in [4.78, 5) is 74.3. The Hall–Kier alpha value is -7.22. The second-order valence-electron chi connectivity index (χ2n) is 24.3. The molecule has 18 heteroatoms. The molecule has 9 aliphatic rings. The monoisotopic (exact) mass is 1140 g/mol. The lowest BCUT2D eigenvalue weighted by molar-refractivity contribution is -0.390. The van der Waals surface area contributed by atoms with E-state index in [1.54, 1.807) is 0 Å². The van der Waals surface area contributed by atoms with Gasteiger partial charge in [0.1, 0.15) is 0 Å². The number of esters is 6. The molecular formula is C66H68N2O16. The van der Waals surface area contributed by atoms with E-state index < -0.39 is 83.0 Å². The van der Waals surface area contributed by atoms with Crippen LogP contribution in [0, 0.1) is 0 Å². The lowest BCUT2D eigenvalue weighted by Crippen LogP contribution is -2.74. The van der Waals surface area contributed by atoms with Gasteiger partial charge < -0.3 is 56.8 Å². The van der Waals surface area contributed by atoms with Gasteiger partial charge in [0.2, 0.25) is 11.6 Å². The van der Waals surface area contributed by atoms with E-state index in [2.05, 4.69) is 41.0 Å². The number of aromatic nitrogens is 1. The van der Waals surface area contributed by atoms with Crippen LogP contribution >= 0.6 is 0 Å². The molecule has 5 aliphatic heterocycles. The normalized spacial score (nSPS) is 26.8. The quantitative estimate of drug-likeness (QED) is 0.0431. The molecule has 4 aliphatic carbocycles. The average molecular weight is 1150 g/mol. The number of carbonyl (C=O) groups excluding carboxylic acids is 6. The first-order valence-corrected chi connectivity index (χ1v) is 29.5. The zero-order chi connectivity index (χ0) is 58.8. The molecule has 438 valence electrons. The van der Waals surface area contributed by atoms with Crippen LogP contribution in [0.3, 0.4) is 0 Å². The standard InChI is InChI=1S/C47H35NO8.C17H27NO8.C2H6/c1-19(49)54-44-45(55-20(2)50)47(9-8-46(44,18-53-47)56-21(3)51)52-11-10-48-42-24-6-7-25-15-29-17-27-13-23-5-4-22-12-26-16-28(14-24)34-32(26)36-30(22)31(23)37-33(27)35(29)41(43(25)48)39(38(36)37)40(34)42;1-11(19)24-14-15(25-12(2)20)17(22-9-8-18(4)5)7-6-16(14,10-23-17)26-13(3)21;1-2/h4-5,12-15,44-45H,6-11,16-18H2,1-3H3;14-15H,6-10H2,1-5H3;1-2H3. The smallest absolute Gasteiger partial charge is 0.303 e. The zero-order valence-electron chi connectivity index (χ0n) is 49.1. The molecule has 8 aromatic carbocycles. The fraction of sp³-hybridized carbons (Fsp3) is 0.485. The molecule has 8 atom stereocenters. The second-order valence-corrected chi connectivity index (χ2v) is 24.3. The Kier molecular flexibility index (Phi) is 12.5. The average Bonchev–Trinajstić information content (AvgIpc) is 1.45. The summed E-state index contributed by atoms with van der Waals surface area (Å²) in [5.74, 6) is -6.00. The Balaban J connectivity index is 0.000000190. The van der Waals surface area contributed by atoms with Gasteiger partial charge in [0.05, 0.1) is 37.5 Å². The second kappa shape index (κ2) is 19.1. The predicted octanol–water partition coefficient (Wildman–Crippen LogP) is 9.35. The first-order valence-electron chi connectivity index (χ1n) is 29.5. The third-order valence-electron chi connectivity index (χ3n) is 19.0.